The third kappa shape index (κ3) is 5.07. The molecular weight excluding hydrogens is 466 g/mol. The Hall–Kier alpha value is -2.89. The number of hydrogen-bond donors (Lipinski definition) is 3. The van der Waals surface area contributed by atoms with E-state index in [1.807, 2.05) is 18.2 Å². The van der Waals surface area contributed by atoms with Gasteiger partial charge in [-0.1, -0.05) is 11.3 Å². The number of carbonyl (C=O) groups excluding carboxylic acids is 1. The predicted octanol–water partition coefficient (Wildman–Crippen LogP) is 4.21. The quantitative estimate of drug-likeness (QED) is 0.429. The van der Waals surface area contributed by atoms with E-state index in [0.29, 0.717) is 23.4 Å². The molecule has 0 spiro atoms. The summed E-state index contributed by atoms with van der Waals surface area (Å²) >= 11 is 1.46. The first-order chi connectivity index (χ1) is 16.9. The lowest BCUT2D eigenvalue weighted by molar-refractivity contribution is -0.881. The van der Waals surface area contributed by atoms with E-state index in [1.165, 1.54) is 18.4 Å². The number of aliphatic hydroxyl groups excluding tert-OH is 1. The van der Waals surface area contributed by atoms with Gasteiger partial charge in [-0.2, -0.15) is 9.78 Å². The average Bonchev–Trinajstić information content (AvgIpc) is 3.43. The van der Waals surface area contributed by atoms with Gasteiger partial charge in [0.2, 0.25) is 5.95 Å². The SMILES string of the molecule is COC(=O)[N+]1(Cc2cc(Nc3nc4cccnc4s3)nc(NC3CCC(O)CC3)n2)CCC[C@H]1C. The number of pyridine rings is 1. The molecule has 1 aliphatic carbocycles. The molecule has 2 atom stereocenters. The number of aromatic nitrogens is 4. The van der Waals surface area contributed by atoms with Crippen molar-refractivity contribution in [3.8, 4) is 0 Å². The fraction of sp³-hybridized carbons (Fsp3) is 0.542. The van der Waals surface area contributed by atoms with Crippen LogP contribution in [0.25, 0.3) is 10.3 Å². The molecule has 1 saturated carbocycles. The number of fused-ring (bicyclic) bond motifs is 1. The topological polar surface area (TPSA) is 122 Å². The molecule has 0 aromatic carbocycles. The number of methoxy groups -OCH3 is 1. The van der Waals surface area contributed by atoms with Crippen molar-refractivity contribution in [3.63, 3.8) is 0 Å². The minimum Gasteiger partial charge on any atom is -0.423 e. The lowest BCUT2D eigenvalue weighted by Crippen LogP contribution is -2.54. The van der Waals surface area contributed by atoms with Crippen molar-refractivity contribution >= 4 is 44.7 Å². The average molecular weight is 499 g/mol. The molecule has 4 heterocycles. The summed E-state index contributed by atoms with van der Waals surface area (Å²) < 4.78 is 5.45. The zero-order valence-electron chi connectivity index (χ0n) is 20.1. The second-order valence-corrected chi connectivity index (χ2v) is 10.5. The molecular formula is C24H32N7O3S+. The number of rotatable bonds is 6. The van der Waals surface area contributed by atoms with Gasteiger partial charge in [0.25, 0.3) is 0 Å². The zero-order chi connectivity index (χ0) is 24.4. The van der Waals surface area contributed by atoms with Crippen LogP contribution in [0.2, 0.25) is 0 Å². The normalized spacial score (nSPS) is 26.5. The zero-order valence-corrected chi connectivity index (χ0v) is 20.9. The van der Waals surface area contributed by atoms with Crippen molar-refractivity contribution in [2.75, 3.05) is 24.3 Å². The highest BCUT2D eigenvalue weighted by Gasteiger charge is 2.47. The molecule has 3 N–H and O–H groups in total. The molecule has 11 heteroatoms. The number of nitrogens with one attached hydrogen (secondary N) is 2. The van der Waals surface area contributed by atoms with E-state index in [0.717, 1.165) is 61.1 Å². The smallest absolute Gasteiger partial charge is 0.423 e. The Morgan fingerprint density at radius 3 is 2.77 bits per heavy atom. The number of likely N-dealkylation sites (tertiary alicyclic amines) is 1. The minimum absolute atomic E-state index is 0.153. The van der Waals surface area contributed by atoms with Crippen LogP contribution in [0.4, 0.5) is 21.7 Å². The molecule has 186 valence electrons. The monoisotopic (exact) mass is 498 g/mol. The maximum absolute atomic E-state index is 12.9. The summed E-state index contributed by atoms with van der Waals surface area (Å²) in [6.45, 7) is 3.27. The summed E-state index contributed by atoms with van der Waals surface area (Å²) in [4.78, 5) is 32.3. The molecule has 1 amide bonds. The lowest BCUT2D eigenvalue weighted by atomic mass is 9.93. The Morgan fingerprint density at radius 2 is 2.06 bits per heavy atom. The minimum atomic E-state index is -0.230. The number of anilines is 3. The van der Waals surface area contributed by atoms with Crippen molar-refractivity contribution in [1.82, 2.24) is 19.9 Å². The summed E-state index contributed by atoms with van der Waals surface area (Å²) in [6, 6.07) is 6.04. The molecule has 1 aliphatic heterocycles. The van der Waals surface area contributed by atoms with Gasteiger partial charge in [0.15, 0.2) is 5.13 Å². The molecule has 3 aromatic rings. The number of quaternary nitrogens is 1. The van der Waals surface area contributed by atoms with E-state index in [9.17, 15) is 9.90 Å². The Morgan fingerprint density at radius 1 is 1.23 bits per heavy atom. The molecule has 1 saturated heterocycles. The van der Waals surface area contributed by atoms with Gasteiger partial charge in [-0.25, -0.2) is 19.4 Å². The van der Waals surface area contributed by atoms with Gasteiger partial charge in [0, 0.05) is 31.1 Å². The van der Waals surface area contributed by atoms with Gasteiger partial charge in [0.05, 0.1) is 25.8 Å². The van der Waals surface area contributed by atoms with Crippen LogP contribution in [0.1, 0.15) is 51.1 Å². The van der Waals surface area contributed by atoms with Crippen molar-refractivity contribution in [2.24, 2.45) is 0 Å². The second kappa shape index (κ2) is 10.00. The lowest BCUT2D eigenvalue weighted by Gasteiger charge is -2.33. The van der Waals surface area contributed by atoms with E-state index in [-0.39, 0.29) is 28.8 Å². The van der Waals surface area contributed by atoms with Gasteiger partial charge >= 0.3 is 6.09 Å². The van der Waals surface area contributed by atoms with Crippen molar-refractivity contribution < 1.29 is 19.1 Å². The molecule has 5 rings (SSSR count). The highest BCUT2D eigenvalue weighted by molar-refractivity contribution is 7.21. The Labute approximate surface area is 208 Å². The molecule has 10 nitrogen and oxygen atoms in total. The van der Waals surface area contributed by atoms with Gasteiger partial charge in [-0.15, -0.1) is 0 Å². The van der Waals surface area contributed by atoms with Crippen LogP contribution in [0.3, 0.4) is 0 Å². The highest BCUT2D eigenvalue weighted by Crippen LogP contribution is 2.32. The van der Waals surface area contributed by atoms with E-state index in [1.54, 1.807) is 6.20 Å². The first-order valence-corrected chi connectivity index (χ1v) is 13.0. The molecule has 0 radical (unpaired) electrons. The molecule has 2 fully saturated rings. The van der Waals surface area contributed by atoms with Crippen LogP contribution in [0, 0.1) is 0 Å². The Balaban J connectivity index is 1.45. The number of carbonyl (C=O) groups is 1. The molecule has 3 aromatic heterocycles. The number of ether oxygens (including phenoxy) is 1. The number of nitrogens with zero attached hydrogens (tertiary/aromatic N) is 5. The van der Waals surface area contributed by atoms with Gasteiger partial charge in [-0.05, 0) is 44.7 Å². The number of aliphatic hydroxyl groups is 1. The van der Waals surface area contributed by atoms with Crippen molar-refractivity contribution in [2.45, 2.75) is 70.2 Å². The summed E-state index contributed by atoms with van der Waals surface area (Å²) in [5.74, 6) is 1.13. The molecule has 35 heavy (non-hydrogen) atoms. The van der Waals surface area contributed by atoms with Gasteiger partial charge < -0.3 is 20.5 Å². The third-order valence-corrected chi connectivity index (χ3v) is 8.11. The summed E-state index contributed by atoms with van der Waals surface area (Å²) in [7, 11) is 1.45. The number of thiazole rings is 1. The third-order valence-electron chi connectivity index (χ3n) is 7.22. The van der Waals surface area contributed by atoms with Crippen LogP contribution in [-0.4, -0.2) is 67.5 Å². The summed E-state index contributed by atoms with van der Waals surface area (Å²) in [6.07, 6.45) is 6.49. The standard InChI is InChI=1S/C24H32N7O3S/c1-15-5-4-12-31(15,24(33)34-2)14-17-13-20(30-23-28-19-6-3-11-25-21(19)35-23)29-22(27-17)26-16-7-9-18(32)10-8-16/h3,6,11,13,15-16,18,32H,4-5,7-10,12,14H2,1-2H3,(H2,26,27,28,29,30)/q+1/t15-,16?,18?,31?/m1/s1. The van der Waals surface area contributed by atoms with Crippen LogP contribution in [0.15, 0.2) is 24.4 Å². The fourth-order valence-corrected chi connectivity index (χ4v) is 6.04. The first kappa shape index (κ1) is 23.8. The Bertz CT molecular complexity index is 1160. The van der Waals surface area contributed by atoms with E-state index < -0.39 is 0 Å². The van der Waals surface area contributed by atoms with Crippen molar-refractivity contribution in [3.05, 3.63) is 30.1 Å². The van der Waals surface area contributed by atoms with Crippen LogP contribution >= 0.6 is 11.3 Å². The van der Waals surface area contributed by atoms with Gasteiger partial charge in [-0.3, -0.25) is 0 Å². The van der Waals surface area contributed by atoms with Crippen LogP contribution in [0.5, 0.6) is 0 Å². The number of amides is 1. The molecule has 1 unspecified atom stereocenters. The highest BCUT2D eigenvalue weighted by atomic mass is 32.1. The maximum Gasteiger partial charge on any atom is 0.516 e. The second-order valence-electron chi connectivity index (χ2n) is 9.57. The Kier molecular flexibility index (Phi) is 6.81. The summed E-state index contributed by atoms with van der Waals surface area (Å²) in [5.41, 5.74) is 1.59. The van der Waals surface area contributed by atoms with Crippen molar-refractivity contribution in [1.29, 1.82) is 0 Å². The number of hydrogen-bond acceptors (Lipinski definition) is 10. The largest absolute Gasteiger partial charge is 0.516 e. The molecule has 0 bridgehead atoms. The molecule has 2 aliphatic rings. The maximum atomic E-state index is 12.9. The fourth-order valence-electron chi connectivity index (χ4n) is 5.22. The van der Waals surface area contributed by atoms with E-state index in [4.69, 9.17) is 14.7 Å². The first-order valence-electron chi connectivity index (χ1n) is 12.2. The van der Waals surface area contributed by atoms with Crippen LogP contribution in [-0.2, 0) is 11.3 Å². The summed E-state index contributed by atoms with van der Waals surface area (Å²) in [5, 5.41) is 17.3. The van der Waals surface area contributed by atoms with Crippen LogP contribution < -0.4 is 10.6 Å². The predicted molar refractivity (Wildman–Crippen MR) is 135 cm³/mol. The van der Waals surface area contributed by atoms with E-state index in [2.05, 4.69) is 27.5 Å². The van der Waals surface area contributed by atoms with E-state index >= 15 is 0 Å². The van der Waals surface area contributed by atoms with Gasteiger partial charge in [0.1, 0.15) is 28.4 Å².